The van der Waals surface area contributed by atoms with E-state index in [0.29, 0.717) is 0 Å². The summed E-state index contributed by atoms with van der Waals surface area (Å²) in [6.45, 7) is -0.227. The van der Waals surface area contributed by atoms with Crippen molar-refractivity contribution in [3.63, 3.8) is 0 Å². The predicted molar refractivity (Wildman–Crippen MR) is 89.8 cm³/mol. The lowest BCUT2D eigenvalue weighted by atomic mass is 10.1. The summed E-state index contributed by atoms with van der Waals surface area (Å²) in [5.41, 5.74) is 2.42. The van der Waals surface area contributed by atoms with Crippen molar-refractivity contribution >= 4 is 27.3 Å². The molecule has 7 heteroatoms. The number of sulfonamides is 1. The van der Waals surface area contributed by atoms with Crippen molar-refractivity contribution < 1.29 is 13.2 Å². The third-order valence-corrected chi connectivity index (χ3v) is 6.93. The molecule has 3 rings (SSSR count). The number of aryl methyl sites for hydroxylation is 1. The molecule has 0 saturated heterocycles. The highest BCUT2D eigenvalue weighted by Crippen LogP contribution is 2.34. The highest BCUT2D eigenvalue weighted by molar-refractivity contribution is 7.91. The van der Waals surface area contributed by atoms with Crippen LogP contribution in [0.25, 0.3) is 0 Å². The largest absolute Gasteiger partial charge is 0.338 e. The summed E-state index contributed by atoms with van der Waals surface area (Å²) in [6, 6.07) is 11.3. The van der Waals surface area contributed by atoms with Crippen molar-refractivity contribution in [3.8, 4) is 0 Å². The van der Waals surface area contributed by atoms with Crippen LogP contribution in [-0.4, -0.2) is 32.8 Å². The number of benzene rings is 1. The number of rotatable bonds is 5. The molecule has 1 atom stereocenters. The molecule has 1 N–H and O–H groups in total. The Balaban J connectivity index is 1.65. The lowest BCUT2D eigenvalue weighted by Crippen LogP contribution is -2.39. The van der Waals surface area contributed by atoms with Gasteiger partial charge in [0.2, 0.25) is 5.91 Å². The molecule has 5 nitrogen and oxygen atoms in total. The Hall–Kier alpha value is -1.70. The molecule has 0 bridgehead atoms. The summed E-state index contributed by atoms with van der Waals surface area (Å²) in [5.74, 6) is -0.230. The van der Waals surface area contributed by atoms with Crippen molar-refractivity contribution in [3.05, 3.63) is 52.9 Å². The number of hydrogen-bond donors (Lipinski definition) is 1. The Morgan fingerprint density at radius 3 is 2.83 bits per heavy atom. The van der Waals surface area contributed by atoms with Crippen molar-refractivity contribution in [1.82, 2.24) is 9.62 Å². The van der Waals surface area contributed by atoms with Gasteiger partial charge in [-0.2, -0.15) is 0 Å². The molecule has 0 fully saturated rings. The summed E-state index contributed by atoms with van der Waals surface area (Å²) < 4.78 is 26.7. The van der Waals surface area contributed by atoms with Gasteiger partial charge in [0.15, 0.2) is 0 Å². The molecule has 0 spiro atoms. The lowest BCUT2D eigenvalue weighted by molar-refractivity contribution is -0.130. The number of nitrogens with one attached hydrogen (secondary N) is 1. The molecule has 1 amide bonds. The zero-order chi connectivity index (χ0) is 16.4. The van der Waals surface area contributed by atoms with Crippen LogP contribution in [-0.2, 0) is 21.2 Å². The van der Waals surface area contributed by atoms with Crippen LogP contribution in [0.4, 0.5) is 0 Å². The summed E-state index contributed by atoms with van der Waals surface area (Å²) in [5, 5.41) is 1.69. The second-order valence-electron chi connectivity index (χ2n) is 5.51. The minimum atomic E-state index is -3.61. The number of hydrogen-bond acceptors (Lipinski definition) is 4. The molecule has 0 radical (unpaired) electrons. The Labute approximate surface area is 140 Å². The third kappa shape index (κ3) is 3.31. The van der Waals surface area contributed by atoms with E-state index in [1.54, 1.807) is 23.4 Å². The van der Waals surface area contributed by atoms with Gasteiger partial charge in [-0.05, 0) is 35.4 Å². The van der Waals surface area contributed by atoms with E-state index < -0.39 is 10.0 Å². The second-order valence-corrected chi connectivity index (χ2v) is 8.46. The molecule has 1 aliphatic rings. The topological polar surface area (TPSA) is 66.5 Å². The minimum Gasteiger partial charge on any atom is -0.338 e. The van der Waals surface area contributed by atoms with Crippen LogP contribution in [0.3, 0.4) is 0 Å². The fourth-order valence-corrected chi connectivity index (χ4v) is 4.89. The Morgan fingerprint density at radius 1 is 1.30 bits per heavy atom. The van der Waals surface area contributed by atoms with Crippen molar-refractivity contribution in [2.24, 2.45) is 0 Å². The van der Waals surface area contributed by atoms with Gasteiger partial charge in [-0.15, -0.1) is 11.3 Å². The predicted octanol–water partition coefficient (Wildman–Crippen LogP) is 2.17. The maximum atomic E-state index is 12.4. The molecule has 0 aliphatic heterocycles. The van der Waals surface area contributed by atoms with E-state index in [0.717, 1.165) is 29.7 Å². The molecule has 1 aromatic heterocycles. The van der Waals surface area contributed by atoms with E-state index in [4.69, 9.17) is 0 Å². The van der Waals surface area contributed by atoms with Crippen LogP contribution < -0.4 is 4.72 Å². The highest BCUT2D eigenvalue weighted by atomic mass is 32.2. The van der Waals surface area contributed by atoms with Crippen LogP contribution in [0.2, 0.25) is 0 Å². The van der Waals surface area contributed by atoms with E-state index >= 15 is 0 Å². The fraction of sp³-hybridized carbons (Fsp3) is 0.312. The van der Waals surface area contributed by atoms with E-state index in [-0.39, 0.29) is 22.7 Å². The van der Waals surface area contributed by atoms with Crippen molar-refractivity contribution in [2.45, 2.75) is 23.1 Å². The first kappa shape index (κ1) is 16.2. The summed E-state index contributed by atoms with van der Waals surface area (Å²) in [6.07, 6.45) is 1.82. The first-order valence-electron chi connectivity index (χ1n) is 7.35. The quantitative estimate of drug-likeness (QED) is 0.899. The van der Waals surface area contributed by atoms with Crippen LogP contribution >= 0.6 is 11.3 Å². The van der Waals surface area contributed by atoms with Crippen LogP contribution in [0.15, 0.2) is 46.0 Å². The van der Waals surface area contributed by atoms with Crippen LogP contribution in [0, 0.1) is 0 Å². The summed E-state index contributed by atoms with van der Waals surface area (Å²) >= 11 is 1.13. The molecule has 2 aromatic rings. The van der Waals surface area contributed by atoms with Crippen molar-refractivity contribution in [2.75, 3.05) is 13.6 Å². The van der Waals surface area contributed by atoms with Gasteiger partial charge in [-0.1, -0.05) is 30.3 Å². The molecule has 1 aromatic carbocycles. The minimum absolute atomic E-state index is 0.0185. The summed E-state index contributed by atoms with van der Waals surface area (Å²) in [4.78, 5) is 14.0. The van der Waals surface area contributed by atoms with Gasteiger partial charge in [0.25, 0.3) is 10.0 Å². The summed E-state index contributed by atoms with van der Waals surface area (Å²) in [7, 11) is -1.88. The van der Waals surface area contributed by atoms with Crippen LogP contribution in [0.5, 0.6) is 0 Å². The average molecular weight is 350 g/mol. The molecule has 122 valence electrons. The fourth-order valence-electron chi connectivity index (χ4n) is 2.88. The average Bonchev–Trinajstić information content (AvgIpc) is 3.21. The first-order chi connectivity index (χ1) is 11.0. The van der Waals surface area contributed by atoms with E-state index in [1.807, 2.05) is 18.2 Å². The van der Waals surface area contributed by atoms with E-state index in [1.165, 1.54) is 11.6 Å². The maximum Gasteiger partial charge on any atom is 0.250 e. The number of carbonyl (C=O) groups is 1. The Kier molecular flexibility index (Phi) is 4.52. The zero-order valence-electron chi connectivity index (χ0n) is 12.7. The Morgan fingerprint density at radius 2 is 2.09 bits per heavy atom. The smallest absolute Gasteiger partial charge is 0.250 e. The standard InChI is InChI=1S/C16H18N2O3S2/c1-18(14-9-8-12-5-2-3-6-13(12)14)15(19)11-17-23(20,21)16-7-4-10-22-16/h2-7,10,14,17H,8-9,11H2,1H3. The monoisotopic (exact) mass is 350 g/mol. The number of nitrogens with zero attached hydrogens (tertiary/aromatic N) is 1. The second kappa shape index (κ2) is 6.43. The molecule has 1 aliphatic carbocycles. The van der Waals surface area contributed by atoms with Gasteiger partial charge in [0.05, 0.1) is 12.6 Å². The highest BCUT2D eigenvalue weighted by Gasteiger charge is 2.28. The first-order valence-corrected chi connectivity index (χ1v) is 9.72. The maximum absolute atomic E-state index is 12.4. The number of fused-ring (bicyclic) bond motifs is 1. The van der Waals surface area contributed by atoms with Crippen LogP contribution in [0.1, 0.15) is 23.6 Å². The molecular formula is C16H18N2O3S2. The number of amides is 1. The number of likely N-dealkylation sites (N-methyl/N-ethyl adjacent to an activating group) is 1. The molecule has 1 unspecified atom stereocenters. The molecule has 0 saturated carbocycles. The van der Waals surface area contributed by atoms with Gasteiger partial charge in [0.1, 0.15) is 4.21 Å². The zero-order valence-corrected chi connectivity index (χ0v) is 14.4. The number of thiophene rings is 1. The lowest BCUT2D eigenvalue weighted by Gasteiger charge is -2.25. The third-order valence-electron chi connectivity index (χ3n) is 4.14. The van der Waals surface area contributed by atoms with E-state index in [2.05, 4.69) is 10.8 Å². The number of carbonyl (C=O) groups excluding carboxylic acids is 1. The molecule has 23 heavy (non-hydrogen) atoms. The van der Waals surface area contributed by atoms with Crippen molar-refractivity contribution in [1.29, 1.82) is 0 Å². The Bertz CT molecular complexity index is 800. The normalized spacial score (nSPS) is 17.0. The van der Waals surface area contributed by atoms with E-state index in [9.17, 15) is 13.2 Å². The van der Waals surface area contributed by atoms with Gasteiger partial charge in [-0.25, -0.2) is 13.1 Å². The van der Waals surface area contributed by atoms with Gasteiger partial charge < -0.3 is 4.90 Å². The van der Waals surface area contributed by atoms with Gasteiger partial charge in [-0.3, -0.25) is 4.79 Å². The molecular weight excluding hydrogens is 332 g/mol. The van der Waals surface area contributed by atoms with Gasteiger partial charge >= 0.3 is 0 Å². The SMILES string of the molecule is CN(C(=O)CNS(=O)(=O)c1cccs1)C1CCc2ccccc21. The van der Waals surface area contributed by atoms with Gasteiger partial charge in [0, 0.05) is 7.05 Å². The molecule has 1 heterocycles.